The fourth-order valence-corrected chi connectivity index (χ4v) is 2.20. The molecule has 2 rings (SSSR count). The highest BCUT2D eigenvalue weighted by molar-refractivity contribution is 5.22. The Hall–Kier alpha value is -1.28. The molecule has 8 heteroatoms. The maximum atomic E-state index is 12.7. The van der Waals surface area contributed by atoms with Gasteiger partial charge < -0.3 is 10.5 Å². The summed E-state index contributed by atoms with van der Waals surface area (Å²) < 4.78 is 54.0. The highest BCUT2D eigenvalue weighted by Crippen LogP contribution is 2.26. The third-order valence-corrected chi connectivity index (χ3v) is 3.37. The van der Waals surface area contributed by atoms with E-state index in [2.05, 4.69) is 14.7 Å². The van der Waals surface area contributed by atoms with Gasteiger partial charge in [-0.2, -0.15) is 8.78 Å². The van der Waals surface area contributed by atoms with Crippen molar-refractivity contribution in [2.75, 3.05) is 6.61 Å². The van der Waals surface area contributed by atoms with Gasteiger partial charge in [-0.05, 0) is 19.3 Å². The Balaban J connectivity index is 1.98. The average Bonchev–Trinajstić information content (AvgIpc) is 2.60. The number of fused-ring (bicyclic) bond motifs is 1. The Kier molecular flexibility index (Phi) is 5.10. The standard InChI is InChI=1S/C13H17F4N3O/c14-12(15)13(16,17)7-21-6-11-19-5-8-9(18)3-1-2-4-10(8)20-11/h5,9,12H,1-4,6-7,18H2. The topological polar surface area (TPSA) is 61.0 Å². The molecule has 1 aromatic heterocycles. The number of hydrogen-bond acceptors (Lipinski definition) is 4. The van der Waals surface area contributed by atoms with Crippen molar-refractivity contribution < 1.29 is 22.3 Å². The van der Waals surface area contributed by atoms with E-state index in [-0.39, 0.29) is 18.5 Å². The fraction of sp³-hybridized carbons (Fsp3) is 0.692. The molecule has 118 valence electrons. The van der Waals surface area contributed by atoms with Gasteiger partial charge in [-0.1, -0.05) is 6.42 Å². The van der Waals surface area contributed by atoms with Crippen LogP contribution in [0.25, 0.3) is 0 Å². The summed E-state index contributed by atoms with van der Waals surface area (Å²) in [4.78, 5) is 8.24. The van der Waals surface area contributed by atoms with E-state index in [1.165, 1.54) is 0 Å². The van der Waals surface area contributed by atoms with Crippen LogP contribution in [0.4, 0.5) is 17.6 Å². The zero-order chi connectivity index (χ0) is 15.5. The first kappa shape index (κ1) is 16.1. The molecule has 1 aliphatic rings. The molecular weight excluding hydrogens is 290 g/mol. The number of alkyl halides is 4. The van der Waals surface area contributed by atoms with Crippen LogP contribution in [0, 0.1) is 0 Å². The van der Waals surface area contributed by atoms with Gasteiger partial charge >= 0.3 is 12.3 Å². The van der Waals surface area contributed by atoms with Gasteiger partial charge in [0.25, 0.3) is 0 Å². The van der Waals surface area contributed by atoms with Crippen LogP contribution in [0.5, 0.6) is 0 Å². The smallest absolute Gasteiger partial charge is 0.330 e. The summed E-state index contributed by atoms with van der Waals surface area (Å²) in [6, 6.07) is -0.124. The average molecular weight is 307 g/mol. The Morgan fingerprint density at radius 3 is 2.86 bits per heavy atom. The number of aryl methyl sites for hydroxylation is 1. The van der Waals surface area contributed by atoms with E-state index in [1.807, 2.05) is 0 Å². The molecule has 0 saturated carbocycles. The van der Waals surface area contributed by atoms with Crippen LogP contribution in [-0.4, -0.2) is 28.9 Å². The van der Waals surface area contributed by atoms with Crippen molar-refractivity contribution in [2.45, 2.75) is 50.7 Å². The molecule has 0 aromatic carbocycles. The lowest BCUT2D eigenvalue weighted by Crippen LogP contribution is -2.32. The van der Waals surface area contributed by atoms with Gasteiger partial charge in [0.1, 0.15) is 13.2 Å². The molecule has 0 aliphatic heterocycles. The number of halogens is 4. The maximum Gasteiger partial charge on any atom is 0.330 e. The highest BCUT2D eigenvalue weighted by atomic mass is 19.3. The van der Waals surface area contributed by atoms with Crippen LogP contribution in [0.1, 0.15) is 42.4 Å². The molecule has 0 bridgehead atoms. The first-order chi connectivity index (χ1) is 9.90. The van der Waals surface area contributed by atoms with Crippen LogP contribution < -0.4 is 5.73 Å². The van der Waals surface area contributed by atoms with E-state index in [9.17, 15) is 17.6 Å². The second-order valence-corrected chi connectivity index (χ2v) is 5.10. The predicted octanol–water partition coefficient (Wildman–Crippen LogP) is 2.62. The minimum Gasteiger partial charge on any atom is -0.367 e. The van der Waals surface area contributed by atoms with Crippen molar-refractivity contribution in [3.63, 3.8) is 0 Å². The molecular formula is C13H17F4N3O. The van der Waals surface area contributed by atoms with Gasteiger partial charge in [-0.15, -0.1) is 0 Å². The van der Waals surface area contributed by atoms with Gasteiger partial charge in [0.2, 0.25) is 0 Å². The third-order valence-electron chi connectivity index (χ3n) is 3.37. The minimum atomic E-state index is -4.16. The second kappa shape index (κ2) is 6.65. The van der Waals surface area contributed by atoms with Gasteiger partial charge in [-0.25, -0.2) is 18.7 Å². The molecule has 2 N–H and O–H groups in total. The number of nitrogens with zero attached hydrogens (tertiary/aromatic N) is 2. The minimum absolute atomic E-state index is 0.124. The summed E-state index contributed by atoms with van der Waals surface area (Å²) in [7, 11) is 0. The first-order valence-electron chi connectivity index (χ1n) is 6.74. The van der Waals surface area contributed by atoms with Crippen LogP contribution in [0.2, 0.25) is 0 Å². The second-order valence-electron chi connectivity index (χ2n) is 5.10. The Morgan fingerprint density at radius 2 is 2.14 bits per heavy atom. The molecule has 0 amide bonds. The highest BCUT2D eigenvalue weighted by Gasteiger charge is 2.41. The summed E-state index contributed by atoms with van der Waals surface area (Å²) in [5, 5.41) is 0. The summed E-state index contributed by atoms with van der Waals surface area (Å²) >= 11 is 0. The Bertz CT molecular complexity index is 484. The monoisotopic (exact) mass is 307 g/mol. The van der Waals surface area contributed by atoms with Crippen molar-refractivity contribution >= 4 is 0 Å². The molecule has 4 nitrogen and oxygen atoms in total. The van der Waals surface area contributed by atoms with Crippen molar-refractivity contribution in [1.29, 1.82) is 0 Å². The van der Waals surface area contributed by atoms with Crippen molar-refractivity contribution in [1.82, 2.24) is 9.97 Å². The molecule has 1 unspecified atom stereocenters. The quantitative estimate of drug-likeness (QED) is 0.671. The normalized spacial score (nSPS) is 19.4. The number of aromatic nitrogens is 2. The van der Waals surface area contributed by atoms with Gasteiger partial charge in [0.05, 0.1) is 0 Å². The van der Waals surface area contributed by atoms with E-state index in [1.54, 1.807) is 6.20 Å². The zero-order valence-electron chi connectivity index (χ0n) is 11.4. The van der Waals surface area contributed by atoms with E-state index in [4.69, 9.17) is 5.73 Å². The van der Waals surface area contributed by atoms with E-state index in [0.717, 1.165) is 36.9 Å². The van der Waals surface area contributed by atoms with Gasteiger partial charge in [-0.3, -0.25) is 0 Å². The molecule has 21 heavy (non-hydrogen) atoms. The van der Waals surface area contributed by atoms with E-state index < -0.39 is 19.0 Å². The fourth-order valence-electron chi connectivity index (χ4n) is 2.20. The summed E-state index contributed by atoms with van der Waals surface area (Å²) in [5.41, 5.74) is 7.64. The van der Waals surface area contributed by atoms with Crippen molar-refractivity contribution in [3.8, 4) is 0 Å². The van der Waals surface area contributed by atoms with E-state index in [0.29, 0.717) is 0 Å². The first-order valence-corrected chi connectivity index (χ1v) is 6.74. The van der Waals surface area contributed by atoms with Crippen LogP contribution in [0.15, 0.2) is 6.20 Å². The van der Waals surface area contributed by atoms with Crippen molar-refractivity contribution in [2.24, 2.45) is 5.73 Å². The Labute approximate surface area is 119 Å². The zero-order valence-corrected chi connectivity index (χ0v) is 11.4. The molecule has 1 atom stereocenters. The van der Waals surface area contributed by atoms with Crippen LogP contribution >= 0.6 is 0 Å². The summed E-state index contributed by atoms with van der Waals surface area (Å²) in [6.45, 7) is -1.69. The molecule has 0 spiro atoms. The third kappa shape index (κ3) is 4.10. The summed E-state index contributed by atoms with van der Waals surface area (Å²) in [5.74, 6) is -3.96. The largest absolute Gasteiger partial charge is 0.367 e. The van der Waals surface area contributed by atoms with E-state index >= 15 is 0 Å². The van der Waals surface area contributed by atoms with Gasteiger partial charge in [0.15, 0.2) is 5.82 Å². The number of hydrogen-bond donors (Lipinski definition) is 1. The van der Waals surface area contributed by atoms with Crippen LogP contribution in [-0.2, 0) is 17.8 Å². The molecule has 0 fully saturated rings. The number of rotatable bonds is 5. The number of ether oxygens (including phenoxy) is 1. The lowest BCUT2D eigenvalue weighted by molar-refractivity contribution is -0.168. The molecule has 0 radical (unpaired) electrons. The Morgan fingerprint density at radius 1 is 1.38 bits per heavy atom. The predicted molar refractivity (Wildman–Crippen MR) is 67.1 cm³/mol. The van der Waals surface area contributed by atoms with Gasteiger partial charge in [0, 0.05) is 23.5 Å². The molecule has 1 aromatic rings. The molecule has 1 heterocycles. The lowest BCUT2D eigenvalue weighted by Gasteiger charge is -2.15. The summed E-state index contributed by atoms with van der Waals surface area (Å²) in [6.07, 6.45) is 1.36. The van der Waals surface area contributed by atoms with Crippen LogP contribution in [0.3, 0.4) is 0 Å². The lowest BCUT2D eigenvalue weighted by atomic mass is 10.1. The molecule has 0 saturated heterocycles. The number of nitrogens with two attached hydrogens (primary N) is 1. The SMILES string of the molecule is NC1CCCCc2nc(COCC(F)(F)C(F)F)ncc21. The molecule has 1 aliphatic carbocycles. The maximum absolute atomic E-state index is 12.7. The van der Waals surface area contributed by atoms with Crippen molar-refractivity contribution in [3.05, 3.63) is 23.3 Å².